The van der Waals surface area contributed by atoms with E-state index >= 15 is 0 Å². The zero-order valence-corrected chi connectivity index (χ0v) is 14.8. The van der Waals surface area contributed by atoms with E-state index in [4.69, 9.17) is 4.98 Å². The van der Waals surface area contributed by atoms with E-state index in [1.165, 1.54) is 28.5 Å². The van der Waals surface area contributed by atoms with E-state index in [2.05, 4.69) is 43.1 Å². The Bertz CT molecular complexity index is 432. The maximum absolute atomic E-state index is 4.89. The molecule has 1 unspecified atom stereocenters. The molecule has 2 rings (SSSR count). The lowest BCUT2D eigenvalue weighted by atomic mass is 10.1. The number of nitrogens with one attached hydrogen (secondary N) is 1. The van der Waals surface area contributed by atoms with E-state index in [1.54, 1.807) is 0 Å². The summed E-state index contributed by atoms with van der Waals surface area (Å²) in [6, 6.07) is 0.607. The number of likely N-dealkylation sites (N-methyl/N-ethyl adjacent to an activating group) is 2. The van der Waals surface area contributed by atoms with Crippen LogP contribution >= 0.6 is 11.3 Å². The monoisotopic (exact) mass is 310 g/mol. The maximum Gasteiger partial charge on any atom is 0.0947 e. The zero-order chi connectivity index (χ0) is 15.2. The third kappa shape index (κ3) is 4.74. The predicted molar refractivity (Wildman–Crippen MR) is 91.1 cm³/mol. The van der Waals surface area contributed by atoms with Crippen LogP contribution in [0.5, 0.6) is 0 Å². The SMILES string of the molecule is CCCNCc1sc(CC2CN(C)CCN2C)nc1CC. The third-order valence-corrected chi connectivity index (χ3v) is 5.38. The smallest absolute Gasteiger partial charge is 0.0947 e. The predicted octanol–water partition coefficient (Wildman–Crippen LogP) is 1.99. The molecular formula is C16H30N4S. The summed E-state index contributed by atoms with van der Waals surface area (Å²) in [6.45, 7) is 9.99. The molecule has 1 N–H and O–H groups in total. The Morgan fingerprint density at radius 1 is 1.29 bits per heavy atom. The quantitative estimate of drug-likeness (QED) is 0.781. The molecule has 5 heteroatoms. The molecule has 0 amide bonds. The maximum atomic E-state index is 4.89. The van der Waals surface area contributed by atoms with Crippen LogP contribution in [-0.4, -0.2) is 61.1 Å². The second kappa shape index (κ2) is 8.22. The molecular weight excluding hydrogens is 280 g/mol. The summed E-state index contributed by atoms with van der Waals surface area (Å²) in [7, 11) is 4.47. The first-order chi connectivity index (χ1) is 10.1. The summed E-state index contributed by atoms with van der Waals surface area (Å²) in [5.74, 6) is 0. The average molecular weight is 311 g/mol. The molecule has 1 saturated heterocycles. The number of hydrogen-bond acceptors (Lipinski definition) is 5. The molecule has 0 radical (unpaired) electrons. The summed E-state index contributed by atoms with van der Waals surface area (Å²) >= 11 is 1.91. The molecule has 1 fully saturated rings. The Hall–Kier alpha value is -0.490. The molecule has 0 bridgehead atoms. The summed E-state index contributed by atoms with van der Waals surface area (Å²) < 4.78 is 0. The number of piperazine rings is 1. The van der Waals surface area contributed by atoms with Crippen LogP contribution in [0, 0.1) is 0 Å². The van der Waals surface area contributed by atoms with Crippen molar-refractivity contribution in [3.8, 4) is 0 Å². The minimum absolute atomic E-state index is 0.607. The van der Waals surface area contributed by atoms with Gasteiger partial charge >= 0.3 is 0 Å². The molecule has 0 spiro atoms. The van der Waals surface area contributed by atoms with Gasteiger partial charge in [0, 0.05) is 43.5 Å². The van der Waals surface area contributed by atoms with Crippen LogP contribution in [0.2, 0.25) is 0 Å². The largest absolute Gasteiger partial charge is 0.312 e. The van der Waals surface area contributed by atoms with Gasteiger partial charge in [0.25, 0.3) is 0 Å². The van der Waals surface area contributed by atoms with E-state index in [0.29, 0.717) is 6.04 Å². The number of aryl methyl sites for hydroxylation is 1. The molecule has 0 saturated carbocycles. The molecule has 4 nitrogen and oxygen atoms in total. The Balaban J connectivity index is 1.99. The molecule has 1 aliphatic rings. The first kappa shape index (κ1) is 16.9. The highest BCUT2D eigenvalue weighted by Gasteiger charge is 2.24. The van der Waals surface area contributed by atoms with Gasteiger partial charge in [0.2, 0.25) is 0 Å². The second-order valence-corrected chi connectivity index (χ2v) is 7.28. The minimum atomic E-state index is 0.607. The molecule has 0 aliphatic carbocycles. The Morgan fingerprint density at radius 3 is 2.81 bits per heavy atom. The van der Waals surface area contributed by atoms with Crippen molar-refractivity contribution in [3.63, 3.8) is 0 Å². The highest BCUT2D eigenvalue weighted by molar-refractivity contribution is 7.11. The van der Waals surface area contributed by atoms with Gasteiger partial charge in [0.1, 0.15) is 0 Å². The lowest BCUT2D eigenvalue weighted by molar-refractivity contribution is 0.114. The molecule has 120 valence electrons. The number of rotatable bonds is 7. The van der Waals surface area contributed by atoms with Crippen molar-refractivity contribution in [3.05, 3.63) is 15.6 Å². The van der Waals surface area contributed by atoms with Gasteiger partial charge in [-0.2, -0.15) is 0 Å². The van der Waals surface area contributed by atoms with Crippen LogP contribution < -0.4 is 5.32 Å². The minimum Gasteiger partial charge on any atom is -0.312 e. The van der Waals surface area contributed by atoms with Crippen LogP contribution in [0.15, 0.2) is 0 Å². The van der Waals surface area contributed by atoms with E-state index in [9.17, 15) is 0 Å². The van der Waals surface area contributed by atoms with Crippen molar-refractivity contribution in [1.29, 1.82) is 0 Å². The van der Waals surface area contributed by atoms with E-state index in [-0.39, 0.29) is 0 Å². The van der Waals surface area contributed by atoms with Crippen LogP contribution in [-0.2, 0) is 19.4 Å². The summed E-state index contributed by atoms with van der Waals surface area (Å²) in [6.07, 6.45) is 3.32. The van der Waals surface area contributed by atoms with Gasteiger partial charge in [0.05, 0.1) is 10.7 Å². The van der Waals surface area contributed by atoms with Crippen molar-refractivity contribution in [2.45, 2.75) is 45.7 Å². The molecule has 1 aromatic rings. The lowest BCUT2D eigenvalue weighted by Gasteiger charge is -2.37. The van der Waals surface area contributed by atoms with Gasteiger partial charge in [0.15, 0.2) is 0 Å². The summed E-state index contributed by atoms with van der Waals surface area (Å²) in [5, 5.41) is 4.82. The number of thiazole rings is 1. The van der Waals surface area contributed by atoms with Crippen molar-refractivity contribution >= 4 is 11.3 Å². The van der Waals surface area contributed by atoms with Crippen molar-refractivity contribution in [1.82, 2.24) is 20.1 Å². The van der Waals surface area contributed by atoms with Crippen molar-refractivity contribution in [2.24, 2.45) is 0 Å². The fourth-order valence-corrected chi connectivity index (χ4v) is 4.04. The normalized spacial score (nSPS) is 21.0. The van der Waals surface area contributed by atoms with Gasteiger partial charge in [-0.1, -0.05) is 13.8 Å². The van der Waals surface area contributed by atoms with E-state index < -0.39 is 0 Å². The zero-order valence-electron chi connectivity index (χ0n) is 14.0. The van der Waals surface area contributed by atoms with Gasteiger partial charge < -0.3 is 15.1 Å². The third-order valence-electron chi connectivity index (χ3n) is 4.26. The van der Waals surface area contributed by atoms with Crippen LogP contribution in [0.1, 0.15) is 35.8 Å². The van der Waals surface area contributed by atoms with Gasteiger partial charge in [-0.05, 0) is 33.5 Å². The standard InChI is InChI=1S/C16H30N4S/c1-5-7-17-11-15-14(6-2)18-16(21-15)10-13-12-19(3)8-9-20(13)4/h13,17H,5-12H2,1-4H3. The van der Waals surface area contributed by atoms with Crippen LogP contribution in [0.25, 0.3) is 0 Å². The van der Waals surface area contributed by atoms with Crippen molar-refractivity contribution in [2.75, 3.05) is 40.3 Å². The summed E-state index contributed by atoms with van der Waals surface area (Å²) in [4.78, 5) is 11.3. The van der Waals surface area contributed by atoms with Gasteiger partial charge in [-0.3, -0.25) is 0 Å². The van der Waals surface area contributed by atoms with Gasteiger partial charge in [-0.15, -0.1) is 11.3 Å². The van der Waals surface area contributed by atoms with Crippen molar-refractivity contribution < 1.29 is 0 Å². The summed E-state index contributed by atoms with van der Waals surface area (Å²) in [5.41, 5.74) is 1.30. The number of nitrogens with zero attached hydrogens (tertiary/aromatic N) is 3. The lowest BCUT2D eigenvalue weighted by Crippen LogP contribution is -2.50. The fourth-order valence-electron chi connectivity index (χ4n) is 2.84. The Morgan fingerprint density at radius 2 is 2.10 bits per heavy atom. The molecule has 1 atom stereocenters. The molecule has 1 aliphatic heterocycles. The Labute approximate surface area is 133 Å². The Kier molecular flexibility index (Phi) is 6.61. The molecule has 2 heterocycles. The first-order valence-electron chi connectivity index (χ1n) is 8.21. The second-order valence-electron chi connectivity index (χ2n) is 6.11. The first-order valence-corrected chi connectivity index (χ1v) is 9.02. The van der Waals surface area contributed by atoms with Crippen LogP contribution in [0.4, 0.5) is 0 Å². The van der Waals surface area contributed by atoms with E-state index in [1.807, 2.05) is 11.3 Å². The number of aromatic nitrogens is 1. The van der Waals surface area contributed by atoms with Gasteiger partial charge in [-0.25, -0.2) is 4.98 Å². The molecule has 1 aromatic heterocycles. The fraction of sp³-hybridized carbons (Fsp3) is 0.812. The highest BCUT2D eigenvalue weighted by atomic mass is 32.1. The topological polar surface area (TPSA) is 31.4 Å². The van der Waals surface area contributed by atoms with Crippen LogP contribution in [0.3, 0.4) is 0 Å². The molecule has 21 heavy (non-hydrogen) atoms. The number of hydrogen-bond donors (Lipinski definition) is 1. The van der Waals surface area contributed by atoms with E-state index in [0.717, 1.165) is 39.0 Å². The average Bonchev–Trinajstić information content (AvgIpc) is 2.85. The molecule has 0 aromatic carbocycles. The highest BCUT2D eigenvalue weighted by Crippen LogP contribution is 2.22.